The molecule has 3 rings (SSSR count). The highest BCUT2D eigenvalue weighted by Gasteiger charge is 2.08. The molecule has 0 aliphatic carbocycles. The van der Waals surface area contributed by atoms with Gasteiger partial charge in [-0.3, -0.25) is 4.79 Å². The fourth-order valence-electron chi connectivity index (χ4n) is 2.83. The molecule has 0 spiro atoms. The number of hydrogen-bond donors (Lipinski definition) is 3. The van der Waals surface area contributed by atoms with Crippen molar-refractivity contribution in [2.24, 2.45) is 4.99 Å². The van der Waals surface area contributed by atoms with Gasteiger partial charge in [-0.2, -0.15) is 0 Å². The van der Waals surface area contributed by atoms with Crippen LogP contribution in [0, 0.1) is 6.92 Å². The minimum Gasteiger partial charge on any atom is -0.492 e. The van der Waals surface area contributed by atoms with E-state index in [-0.39, 0.29) is 11.7 Å². The molecule has 0 atom stereocenters. The lowest BCUT2D eigenvalue weighted by Gasteiger charge is -2.12. The number of amides is 1. The highest BCUT2D eigenvalue weighted by Crippen LogP contribution is 2.14. The molecule has 31 heavy (non-hydrogen) atoms. The smallest absolute Gasteiger partial charge is 0.291 e. The van der Waals surface area contributed by atoms with Crippen LogP contribution in [0.15, 0.2) is 76.3 Å². The lowest BCUT2D eigenvalue weighted by molar-refractivity contribution is 0.0996. The first kappa shape index (κ1) is 22.0. The molecule has 0 aliphatic rings. The molecule has 7 heteroatoms. The average molecular weight is 421 g/mol. The molecule has 1 amide bonds. The number of nitrogens with one attached hydrogen (secondary N) is 3. The van der Waals surface area contributed by atoms with Crippen molar-refractivity contribution in [3.05, 3.63) is 83.8 Å². The van der Waals surface area contributed by atoms with E-state index in [9.17, 15) is 4.79 Å². The number of carbonyl (C=O) groups excluding carboxylic acids is 1. The Labute approximate surface area is 182 Å². The number of carbonyl (C=O) groups is 1. The van der Waals surface area contributed by atoms with E-state index < -0.39 is 0 Å². The lowest BCUT2D eigenvalue weighted by Crippen LogP contribution is -2.39. The highest BCUT2D eigenvalue weighted by atomic mass is 16.5. The van der Waals surface area contributed by atoms with Crippen LogP contribution in [0.5, 0.6) is 5.75 Å². The van der Waals surface area contributed by atoms with Gasteiger partial charge in [0.05, 0.1) is 19.4 Å². The summed E-state index contributed by atoms with van der Waals surface area (Å²) in [6.45, 7) is 6.45. The zero-order valence-electron chi connectivity index (χ0n) is 17.9. The van der Waals surface area contributed by atoms with Crippen LogP contribution < -0.4 is 20.7 Å². The van der Waals surface area contributed by atoms with Crippen LogP contribution in [0.4, 0.5) is 5.69 Å². The molecular weight excluding hydrogens is 392 g/mol. The molecule has 0 saturated carbocycles. The van der Waals surface area contributed by atoms with E-state index in [4.69, 9.17) is 9.15 Å². The second kappa shape index (κ2) is 11.4. The minimum atomic E-state index is -0.283. The summed E-state index contributed by atoms with van der Waals surface area (Å²) in [5.74, 6) is 1.55. The third-order valence-corrected chi connectivity index (χ3v) is 4.38. The number of hydrogen-bond acceptors (Lipinski definition) is 4. The molecule has 1 aromatic heterocycles. The number of ether oxygens (including phenoxy) is 1. The molecule has 162 valence electrons. The third kappa shape index (κ3) is 7.22. The van der Waals surface area contributed by atoms with Crippen molar-refractivity contribution in [1.82, 2.24) is 10.6 Å². The van der Waals surface area contributed by atoms with Crippen molar-refractivity contribution in [2.75, 3.05) is 25.0 Å². The largest absolute Gasteiger partial charge is 0.492 e. The lowest BCUT2D eigenvalue weighted by atomic mass is 10.2. The standard InChI is InChI=1S/C24H28N4O3/c1-3-25-24(26-13-15-30-21-11-9-18(2)10-12-21)27-17-19-6-4-7-20(16-19)28-23(29)22-8-5-14-31-22/h4-12,14,16H,3,13,15,17H2,1-2H3,(H,28,29)(H2,25,26,27). The summed E-state index contributed by atoms with van der Waals surface area (Å²) in [5, 5.41) is 9.32. The molecule has 0 fully saturated rings. The average Bonchev–Trinajstić information content (AvgIpc) is 3.32. The van der Waals surface area contributed by atoms with Gasteiger partial charge in [0, 0.05) is 12.2 Å². The van der Waals surface area contributed by atoms with Crippen LogP contribution in [-0.2, 0) is 6.54 Å². The van der Waals surface area contributed by atoms with Crippen LogP contribution in [-0.4, -0.2) is 31.6 Å². The van der Waals surface area contributed by atoms with Crippen LogP contribution in [0.1, 0.15) is 28.6 Å². The van der Waals surface area contributed by atoms with E-state index in [0.717, 1.165) is 17.9 Å². The Morgan fingerprint density at radius 2 is 1.90 bits per heavy atom. The zero-order chi connectivity index (χ0) is 21.9. The predicted molar refractivity (Wildman–Crippen MR) is 123 cm³/mol. The number of guanidine groups is 1. The van der Waals surface area contributed by atoms with Gasteiger partial charge in [0.2, 0.25) is 0 Å². The molecule has 0 unspecified atom stereocenters. The van der Waals surface area contributed by atoms with Crippen LogP contribution in [0.3, 0.4) is 0 Å². The zero-order valence-corrected chi connectivity index (χ0v) is 17.9. The number of anilines is 1. The number of rotatable bonds is 9. The van der Waals surface area contributed by atoms with Gasteiger partial charge in [0.1, 0.15) is 12.4 Å². The van der Waals surface area contributed by atoms with Gasteiger partial charge in [-0.15, -0.1) is 0 Å². The molecule has 0 saturated heterocycles. The van der Waals surface area contributed by atoms with Crippen molar-refractivity contribution in [1.29, 1.82) is 0 Å². The summed E-state index contributed by atoms with van der Waals surface area (Å²) >= 11 is 0. The van der Waals surface area contributed by atoms with Gasteiger partial charge in [0.15, 0.2) is 11.7 Å². The Balaban J connectivity index is 1.51. The maximum Gasteiger partial charge on any atom is 0.291 e. The van der Waals surface area contributed by atoms with Crippen LogP contribution in [0.25, 0.3) is 0 Å². The number of furan rings is 1. The third-order valence-electron chi connectivity index (χ3n) is 4.38. The van der Waals surface area contributed by atoms with Crippen LogP contribution in [0.2, 0.25) is 0 Å². The Hall–Kier alpha value is -3.74. The number of benzene rings is 2. The molecular formula is C24H28N4O3. The normalized spacial score (nSPS) is 11.1. The molecule has 0 radical (unpaired) electrons. The SMILES string of the molecule is CCNC(=NCc1cccc(NC(=O)c2ccco2)c1)NCCOc1ccc(C)cc1. The first-order valence-electron chi connectivity index (χ1n) is 10.3. The summed E-state index contributed by atoms with van der Waals surface area (Å²) in [6.07, 6.45) is 1.47. The van der Waals surface area contributed by atoms with Crippen molar-refractivity contribution >= 4 is 17.6 Å². The van der Waals surface area contributed by atoms with Crippen LogP contribution >= 0.6 is 0 Å². The second-order valence-electron chi connectivity index (χ2n) is 6.92. The summed E-state index contributed by atoms with van der Waals surface area (Å²) in [4.78, 5) is 16.8. The molecule has 7 nitrogen and oxygen atoms in total. The van der Waals surface area contributed by atoms with Gasteiger partial charge >= 0.3 is 0 Å². The topological polar surface area (TPSA) is 87.9 Å². The van der Waals surface area contributed by atoms with Crippen molar-refractivity contribution in [2.45, 2.75) is 20.4 Å². The molecule has 0 bridgehead atoms. The molecule has 2 aromatic carbocycles. The highest BCUT2D eigenvalue weighted by molar-refractivity contribution is 6.02. The monoisotopic (exact) mass is 420 g/mol. The maximum atomic E-state index is 12.1. The summed E-state index contributed by atoms with van der Waals surface area (Å²) in [6, 6.07) is 18.9. The maximum absolute atomic E-state index is 12.1. The van der Waals surface area contributed by atoms with E-state index in [2.05, 4.69) is 20.9 Å². The van der Waals surface area contributed by atoms with Crippen molar-refractivity contribution in [3.8, 4) is 5.75 Å². The number of aliphatic imine (C=N–C) groups is 1. The van der Waals surface area contributed by atoms with Gasteiger partial charge in [0.25, 0.3) is 5.91 Å². The van der Waals surface area contributed by atoms with E-state index >= 15 is 0 Å². The first-order valence-corrected chi connectivity index (χ1v) is 10.3. The Morgan fingerprint density at radius 3 is 2.65 bits per heavy atom. The van der Waals surface area contributed by atoms with E-state index in [1.165, 1.54) is 11.8 Å². The molecule has 3 N–H and O–H groups in total. The van der Waals surface area contributed by atoms with Gasteiger partial charge in [-0.05, 0) is 55.8 Å². The quantitative estimate of drug-likeness (QED) is 0.277. The van der Waals surface area contributed by atoms with Crippen molar-refractivity contribution < 1.29 is 13.9 Å². The Morgan fingerprint density at radius 1 is 1.06 bits per heavy atom. The summed E-state index contributed by atoms with van der Waals surface area (Å²) < 4.78 is 10.9. The number of nitrogens with zero attached hydrogens (tertiary/aromatic N) is 1. The van der Waals surface area contributed by atoms with Gasteiger partial charge < -0.3 is 25.1 Å². The minimum absolute atomic E-state index is 0.273. The predicted octanol–water partition coefficient (Wildman–Crippen LogP) is 3.97. The van der Waals surface area contributed by atoms with E-state index in [0.29, 0.717) is 31.3 Å². The fraction of sp³-hybridized carbons (Fsp3) is 0.250. The first-order chi connectivity index (χ1) is 15.1. The summed E-state index contributed by atoms with van der Waals surface area (Å²) in [7, 11) is 0. The van der Waals surface area contributed by atoms with Gasteiger partial charge in [-0.25, -0.2) is 4.99 Å². The van der Waals surface area contributed by atoms with E-state index in [1.54, 1.807) is 12.1 Å². The number of aryl methyl sites for hydroxylation is 1. The Bertz CT molecular complexity index is 982. The summed E-state index contributed by atoms with van der Waals surface area (Å²) in [5.41, 5.74) is 2.88. The van der Waals surface area contributed by atoms with E-state index in [1.807, 2.05) is 62.4 Å². The fourth-order valence-corrected chi connectivity index (χ4v) is 2.83. The molecule has 0 aliphatic heterocycles. The molecule has 1 heterocycles. The molecule has 3 aromatic rings. The Kier molecular flexibility index (Phi) is 8.11. The second-order valence-corrected chi connectivity index (χ2v) is 6.92. The van der Waals surface area contributed by atoms with Crippen molar-refractivity contribution in [3.63, 3.8) is 0 Å². The van der Waals surface area contributed by atoms with Gasteiger partial charge in [-0.1, -0.05) is 29.8 Å².